The first kappa shape index (κ1) is 14.8. The molecule has 0 saturated carbocycles. The lowest BCUT2D eigenvalue weighted by Gasteiger charge is -2.31. The van der Waals surface area contributed by atoms with Gasteiger partial charge in [-0.25, -0.2) is 4.79 Å². The summed E-state index contributed by atoms with van der Waals surface area (Å²) in [5.74, 6) is 0.775. The Morgan fingerprint density at radius 1 is 1.00 bits per heavy atom. The molecule has 25 heavy (non-hydrogen) atoms. The third kappa shape index (κ3) is 2.24. The van der Waals surface area contributed by atoms with Crippen molar-refractivity contribution in [2.24, 2.45) is 0 Å². The highest BCUT2D eigenvalue weighted by Crippen LogP contribution is 2.38. The maximum atomic E-state index is 12.4. The number of anilines is 1. The van der Waals surface area contributed by atoms with Crippen LogP contribution in [0.15, 0.2) is 45.6 Å². The molecule has 0 unspecified atom stereocenters. The molecule has 5 rings (SSSR count). The number of benzene rings is 2. The smallest absolute Gasteiger partial charge is 0.339 e. The van der Waals surface area contributed by atoms with Crippen LogP contribution in [0, 0.1) is 0 Å². The first-order chi connectivity index (χ1) is 12.2. The lowest BCUT2D eigenvalue weighted by molar-refractivity contribution is 0.289. The molecule has 0 fully saturated rings. The predicted octanol–water partition coefficient (Wildman–Crippen LogP) is 4.29. The summed E-state index contributed by atoms with van der Waals surface area (Å²) in [6, 6.07) is 11.7. The van der Waals surface area contributed by atoms with Crippen molar-refractivity contribution < 1.29 is 9.15 Å². The summed E-state index contributed by atoms with van der Waals surface area (Å²) < 4.78 is 11.6. The molecule has 2 heterocycles. The van der Waals surface area contributed by atoms with Crippen molar-refractivity contribution in [1.82, 2.24) is 0 Å². The molecule has 2 aliphatic rings. The minimum absolute atomic E-state index is 0.205. The Morgan fingerprint density at radius 3 is 2.72 bits per heavy atom. The van der Waals surface area contributed by atoms with E-state index in [4.69, 9.17) is 20.8 Å². The standard InChI is InChI=1S/C20H16ClNO3/c21-16-6-1-2-7-17(16)22-10-15-18(24-11-22)9-8-13-12-4-3-5-14(12)20(23)25-19(13)15/h1-2,6-9H,3-5,10-11H2. The number of fused-ring (bicyclic) bond motifs is 5. The molecule has 5 heteroatoms. The van der Waals surface area contributed by atoms with Crippen LogP contribution in [0.25, 0.3) is 11.0 Å². The van der Waals surface area contributed by atoms with Crippen molar-refractivity contribution in [2.75, 3.05) is 11.6 Å². The van der Waals surface area contributed by atoms with Crippen molar-refractivity contribution in [2.45, 2.75) is 25.8 Å². The molecule has 1 aliphatic heterocycles. The highest BCUT2D eigenvalue weighted by atomic mass is 35.5. The molecule has 3 aromatic rings. The Morgan fingerprint density at radius 2 is 1.84 bits per heavy atom. The van der Waals surface area contributed by atoms with E-state index >= 15 is 0 Å². The average Bonchev–Trinajstić information content (AvgIpc) is 3.12. The molecule has 126 valence electrons. The SMILES string of the molecule is O=c1oc2c3c(ccc2c2c1CCC2)OCN(c1ccccc1Cl)C3. The molecule has 0 N–H and O–H groups in total. The maximum absolute atomic E-state index is 12.4. The molecular weight excluding hydrogens is 338 g/mol. The van der Waals surface area contributed by atoms with E-state index in [1.807, 2.05) is 36.4 Å². The number of nitrogens with zero attached hydrogens (tertiary/aromatic N) is 1. The molecule has 0 saturated heterocycles. The first-order valence-corrected chi connectivity index (χ1v) is 8.83. The monoisotopic (exact) mass is 353 g/mol. The van der Waals surface area contributed by atoms with Gasteiger partial charge in [0, 0.05) is 10.9 Å². The second kappa shape index (κ2) is 5.53. The fraction of sp³-hybridized carbons (Fsp3) is 0.250. The molecule has 0 spiro atoms. The molecule has 0 radical (unpaired) electrons. The van der Waals surface area contributed by atoms with E-state index in [9.17, 15) is 4.79 Å². The highest BCUT2D eigenvalue weighted by Gasteiger charge is 2.26. The van der Waals surface area contributed by atoms with E-state index in [-0.39, 0.29) is 5.63 Å². The van der Waals surface area contributed by atoms with Gasteiger partial charge >= 0.3 is 5.63 Å². The van der Waals surface area contributed by atoms with Gasteiger partial charge in [0.15, 0.2) is 6.73 Å². The van der Waals surface area contributed by atoms with Gasteiger partial charge in [-0.1, -0.05) is 23.7 Å². The lowest BCUT2D eigenvalue weighted by Crippen LogP contribution is -2.32. The number of ether oxygens (including phenoxy) is 1. The van der Waals surface area contributed by atoms with Crippen LogP contribution in [0.2, 0.25) is 5.02 Å². The van der Waals surface area contributed by atoms with Crippen LogP contribution < -0.4 is 15.3 Å². The molecule has 1 aliphatic carbocycles. The number of hydrogen-bond acceptors (Lipinski definition) is 4. The average molecular weight is 354 g/mol. The molecule has 0 bridgehead atoms. The van der Waals surface area contributed by atoms with Gasteiger partial charge in [0.1, 0.15) is 11.3 Å². The number of aryl methyl sites for hydroxylation is 1. The Labute approximate surface area is 149 Å². The molecule has 4 nitrogen and oxygen atoms in total. The van der Waals surface area contributed by atoms with Gasteiger partial charge in [0.2, 0.25) is 0 Å². The fourth-order valence-corrected chi connectivity index (χ4v) is 4.17. The van der Waals surface area contributed by atoms with Gasteiger partial charge in [-0.3, -0.25) is 0 Å². The number of rotatable bonds is 1. The largest absolute Gasteiger partial charge is 0.473 e. The number of halogens is 1. The van der Waals surface area contributed by atoms with Gasteiger partial charge in [-0.15, -0.1) is 0 Å². The van der Waals surface area contributed by atoms with Gasteiger partial charge in [-0.2, -0.15) is 0 Å². The van der Waals surface area contributed by atoms with Crippen LogP contribution in [0.5, 0.6) is 5.75 Å². The highest BCUT2D eigenvalue weighted by molar-refractivity contribution is 6.33. The fourth-order valence-electron chi connectivity index (χ4n) is 3.92. The van der Waals surface area contributed by atoms with Gasteiger partial charge in [0.05, 0.1) is 22.8 Å². The predicted molar refractivity (Wildman–Crippen MR) is 97.6 cm³/mol. The normalized spacial score (nSPS) is 15.8. The van der Waals surface area contributed by atoms with Crippen LogP contribution in [-0.2, 0) is 19.4 Å². The van der Waals surface area contributed by atoms with Crippen LogP contribution >= 0.6 is 11.6 Å². The first-order valence-electron chi connectivity index (χ1n) is 8.45. The zero-order valence-corrected chi connectivity index (χ0v) is 14.3. The van der Waals surface area contributed by atoms with Crippen molar-refractivity contribution in [3.8, 4) is 5.75 Å². The van der Waals surface area contributed by atoms with Crippen LogP contribution in [0.3, 0.4) is 0 Å². The van der Waals surface area contributed by atoms with Gasteiger partial charge in [0.25, 0.3) is 0 Å². The van der Waals surface area contributed by atoms with Crippen LogP contribution in [0.4, 0.5) is 5.69 Å². The van der Waals surface area contributed by atoms with Gasteiger partial charge in [-0.05, 0) is 49.1 Å². The zero-order valence-electron chi connectivity index (χ0n) is 13.5. The summed E-state index contributed by atoms with van der Waals surface area (Å²) >= 11 is 6.33. The van der Waals surface area contributed by atoms with E-state index in [2.05, 4.69) is 4.90 Å². The lowest BCUT2D eigenvalue weighted by atomic mass is 10.0. The second-order valence-electron chi connectivity index (χ2n) is 6.54. The van der Waals surface area contributed by atoms with E-state index in [1.54, 1.807) is 0 Å². The number of hydrogen-bond donors (Lipinski definition) is 0. The maximum Gasteiger partial charge on any atom is 0.339 e. The summed E-state index contributed by atoms with van der Waals surface area (Å²) in [5, 5.41) is 1.72. The quantitative estimate of drug-likeness (QED) is 0.612. The van der Waals surface area contributed by atoms with Crippen LogP contribution in [0.1, 0.15) is 23.1 Å². The summed E-state index contributed by atoms with van der Waals surface area (Å²) in [5.41, 5.74) is 4.25. The Kier molecular flexibility index (Phi) is 3.28. The zero-order chi connectivity index (χ0) is 17.0. The van der Waals surface area contributed by atoms with Crippen LogP contribution in [-0.4, -0.2) is 6.73 Å². The summed E-state index contributed by atoms with van der Waals surface area (Å²) in [6.45, 7) is 1.01. The van der Waals surface area contributed by atoms with E-state index in [1.165, 1.54) is 0 Å². The Bertz CT molecular complexity index is 1060. The number of para-hydroxylation sites is 1. The van der Waals surface area contributed by atoms with Crippen molar-refractivity contribution in [3.05, 3.63) is 68.5 Å². The van der Waals surface area contributed by atoms with E-state index < -0.39 is 0 Å². The second-order valence-corrected chi connectivity index (χ2v) is 6.95. The molecular formula is C20H16ClNO3. The third-order valence-electron chi connectivity index (χ3n) is 5.12. The Hall–Kier alpha value is -2.46. The summed E-state index contributed by atoms with van der Waals surface area (Å²) in [4.78, 5) is 14.4. The minimum atomic E-state index is -0.205. The van der Waals surface area contributed by atoms with E-state index in [0.717, 1.165) is 52.8 Å². The van der Waals surface area contributed by atoms with Crippen molar-refractivity contribution in [3.63, 3.8) is 0 Å². The summed E-state index contributed by atoms with van der Waals surface area (Å²) in [7, 11) is 0. The molecule has 0 atom stereocenters. The molecule has 0 amide bonds. The van der Waals surface area contributed by atoms with Crippen molar-refractivity contribution >= 4 is 28.3 Å². The summed E-state index contributed by atoms with van der Waals surface area (Å²) in [6.07, 6.45) is 2.76. The third-order valence-corrected chi connectivity index (χ3v) is 5.44. The van der Waals surface area contributed by atoms with Crippen molar-refractivity contribution in [1.29, 1.82) is 0 Å². The topological polar surface area (TPSA) is 42.7 Å². The van der Waals surface area contributed by atoms with Gasteiger partial charge < -0.3 is 14.1 Å². The van der Waals surface area contributed by atoms with E-state index in [0.29, 0.717) is 23.9 Å². The Balaban J connectivity index is 1.68. The minimum Gasteiger partial charge on any atom is -0.473 e. The molecule has 2 aromatic carbocycles. The molecule has 1 aromatic heterocycles.